The topological polar surface area (TPSA) is 29.3 Å². The van der Waals surface area contributed by atoms with E-state index in [1.807, 2.05) is 0 Å². The van der Waals surface area contributed by atoms with Gasteiger partial charge in [0, 0.05) is 12.1 Å². The Morgan fingerprint density at radius 3 is 2.57 bits per heavy atom. The van der Waals surface area contributed by atoms with Crippen LogP contribution in [0, 0.1) is 5.92 Å². The smallest absolute Gasteiger partial charge is 0.0331 e. The molecule has 14 heavy (non-hydrogen) atoms. The minimum Gasteiger partial charge on any atom is -0.329 e. The Bertz CT molecular complexity index is 170. The van der Waals surface area contributed by atoms with E-state index in [9.17, 15) is 0 Å². The van der Waals surface area contributed by atoms with Crippen molar-refractivity contribution in [2.24, 2.45) is 11.7 Å². The minimum absolute atomic E-state index is 0.330. The molecule has 0 aromatic heterocycles. The summed E-state index contributed by atoms with van der Waals surface area (Å²) in [6.45, 7) is 6.57. The molecule has 0 bridgehead atoms. The molecule has 0 aromatic rings. The Balaban J connectivity index is 2.59. The fraction of sp³-hybridized carbons (Fsp3) is 1.00. The van der Waals surface area contributed by atoms with Gasteiger partial charge in [-0.25, -0.2) is 0 Å². The maximum Gasteiger partial charge on any atom is 0.0331 e. The maximum absolute atomic E-state index is 5.98. The van der Waals surface area contributed by atoms with Crippen molar-refractivity contribution in [3.05, 3.63) is 0 Å². The second-order valence-electron chi connectivity index (χ2n) is 4.87. The van der Waals surface area contributed by atoms with E-state index < -0.39 is 0 Å². The van der Waals surface area contributed by atoms with Gasteiger partial charge in [-0.3, -0.25) is 4.90 Å². The average molecular weight is 198 g/mol. The lowest BCUT2D eigenvalue weighted by Crippen LogP contribution is -2.50. The molecule has 1 aliphatic rings. The molecule has 1 aliphatic carbocycles. The zero-order chi connectivity index (χ0) is 10.6. The van der Waals surface area contributed by atoms with E-state index in [0.717, 1.165) is 12.5 Å². The number of nitrogens with two attached hydrogens (primary N) is 1. The van der Waals surface area contributed by atoms with Crippen LogP contribution in [0.1, 0.15) is 46.0 Å². The molecule has 0 aromatic carbocycles. The predicted molar refractivity (Wildman–Crippen MR) is 62.3 cm³/mol. The summed E-state index contributed by atoms with van der Waals surface area (Å²) >= 11 is 0. The summed E-state index contributed by atoms with van der Waals surface area (Å²) < 4.78 is 0. The van der Waals surface area contributed by atoms with Gasteiger partial charge >= 0.3 is 0 Å². The standard InChI is InChI=1S/C12H26N2/c1-4-8-14(3)12(10-13)7-6-11(5-2)9-12/h11H,4-10,13H2,1-3H3. The summed E-state index contributed by atoms with van der Waals surface area (Å²) in [4.78, 5) is 2.50. The summed E-state index contributed by atoms with van der Waals surface area (Å²) in [6, 6.07) is 0. The van der Waals surface area contributed by atoms with Gasteiger partial charge in [-0.2, -0.15) is 0 Å². The Hall–Kier alpha value is -0.0800. The first-order valence-corrected chi connectivity index (χ1v) is 6.09. The first-order chi connectivity index (χ1) is 6.68. The quantitative estimate of drug-likeness (QED) is 0.734. The van der Waals surface area contributed by atoms with Crippen LogP contribution in [-0.4, -0.2) is 30.6 Å². The molecule has 84 valence electrons. The summed E-state index contributed by atoms with van der Waals surface area (Å²) in [7, 11) is 2.24. The molecule has 0 spiro atoms. The van der Waals surface area contributed by atoms with Gasteiger partial charge < -0.3 is 5.73 Å². The molecule has 1 saturated carbocycles. The number of rotatable bonds is 5. The third-order valence-electron chi connectivity index (χ3n) is 4.01. The van der Waals surface area contributed by atoms with Crippen molar-refractivity contribution in [3.63, 3.8) is 0 Å². The first-order valence-electron chi connectivity index (χ1n) is 6.09. The van der Waals surface area contributed by atoms with Crippen LogP contribution in [0.2, 0.25) is 0 Å². The number of nitrogens with zero attached hydrogens (tertiary/aromatic N) is 1. The molecule has 2 N–H and O–H groups in total. The van der Waals surface area contributed by atoms with Crippen LogP contribution >= 0.6 is 0 Å². The molecule has 0 amide bonds. The molecule has 2 unspecified atom stereocenters. The molecule has 2 nitrogen and oxygen atoms in total. The van der Waals surface area contributed by atoms with E-state index in [2.05, 4.69) is 25.8 Å². The molecule has 0 heterocycles. The van der Waals surface area contributed by atoms with E-state index in [-0.39, 0.29) is 0 Å². The number of hydrogen-bond acceptors (Lipinski definition) is 2. The Morgan fingerprint density at radius 2 is 2.14 bits per heavy atom. The molecule has 0 saturated heterocycles. The maximum atomic E-state index is 5.98. The predicted octanol–water partition coefficient (Wildman–Crippen LogP) is 2.24. The molecular formula is C12H26N2. The van der Waals surface area contributed by atoms with Gasteiger partial charge in [-0.15, -0.1) is 0 Å². The zero-order valence-electron chi connectivity index (χ0n) is 10.1. The van der Waals surface area contributed by atoms with E-state index in [1.165, 1.54) is 38.6 Å². The zero-order valence-corrected chi connectivity index (χ0v) is 10.1. The highest BCUT2D eigenvalue weighted by atomic mass is 15.2. The molecule has 0 aliphatic heterocycles. The van der Waals surface area contributed by atoms with Gasteiger partial charge in [0.1, 0.15) is 0 Å². The summed E-state index contributed by atoms with van der Waals surface area (Å²) in [6.07, 6.45) is 6.55. The molecule has 2 heteroatoms. The van der Waals surface area contributed by atoms with Gasteiger partial charge in [0.05, 0.1) is 0 Å². The third kappa shape index (κ3) is 2.29. The SMILES string of the molecule is CCCN(C)C1(CN)CCC(CC)C1. The van der Waals surface area contributed by atoms with E-state index in [0.29, 0.717) is 5.54 Å². The highest BCUT2D eigenvalue weighted by Gasteiger charge is 2.39. The van der Waals surface area contributed by atoms with Crippen LogP contribution in [0.5, 0.6) is 0 Å². The normalized spacial score (nSPS) is 32.8. The highest BCUT2D eigenvalue weighted by Crippen LogP contribution is 2.39. The van der Waals surface area contributed by atoms with Crippen molar-refractivity contribution >= 4 is 0 Å². The summed E-state index contributed by atoms with van der Waals surface area (Å²) in [5.74, 6) is 0.915. The van der Waals surface area contributed by atoms with Crippen molar-refractivity contribution in [2.75, 3.05) is 20.1 Å². The van der Waals surface area contributed by atoms with E-state index >= 15 is 0 Å². The van der Waals surface area contributed by atoms with Crippen molar-refractivity contribution < 1.29 is 0 Å². The lowest BCUT2D eigenvalue weighted by molar-refractivity contribution is 0.127. The third-order valence-corrected chi connectivity index (χ3v) is 4.01. The van der Waals surface area contributed by atoms with Crippen LogP contribution in [-0.2, 0) is 0 Å². The van der Waals surface area contributed by atoms with Gasteiger partial charge in [-0.05, 0) is 45.2 Å². The second-order valence-corrected chi connectivity index (χ2v) is 4.87. The monoisotopic (exact) mass is 198 g/mol. The van der Waals surface area contributed by atoms with Crippen molar-refractivity contribution in [1.82, 2.24) is 4.90 Å². The summed E-state index contributed by atoms with van der Waals surface area (Å²) in [5, 5.41) is 0. The first kappa shape index (κ1) is 12.0. The van der Waals surface area contributed by atoms with E-state index in [4.69, 9.17) is 5.73 Å². The fourth-order valence-corrected chi connectivity index (χ4v) is 2.82. The number of likely N-dealkylation sites (N-methyl/N-ethyl adjacent to an activating group) is 1. The molecular weight excluding hydrogens is 172 g/mol. The van der Waals surface area contributed by atoms with Crippen LogP contribution in [0.15, 0.2) is 0 Å². The Kier molecular flexibility index (Phi) is 4.39. The van der Waals surface area contributed by atoms with Gasteiger partial charge in [-0.1, -0.05) is 20.3 Å². The van der Waals surface area contributed by atoms with Gasteiger partial charge in [0.15, 0.2) is 0 Å². The van der Waals surface area contributed by atoms with Crippen molar-refractivity contribution in [3.8, 4) is 0 Å². The highest BCUT2D eigenvalue weighted by molar-refractivity contribution is 4.97. The molecule has 2 atom stereocenters. The van der Waals surface area contributed by atoms with Crippen LogP contribution in [0.3, 0.4) is 0 Å². The Labute approximate surface area is 88.8 Å². The lowest BCUT2D eigenvalue weighted by atomic mass is 9.93. The lowest BCUT2D eigenvalue weighted by Gasteiger charge is -2.38. The fourth-order valence-electron chi connectivity index (χ4n) is 2.82. The van der Waals surface area contributed by atoms with Crippen molar-refractivity contribution in [2.45, 2.75) is 51.5 Å². The molecule has 0 radical (unpaired) electrons. The summed E-state index contributed by atoms with van der Waals surface area (Å²) in [5.41, 5.74) is 6.31. The van der Waals surface area contributed by atoms with E-state index in [1.54, 1.807) is 0 Å². The van der Waals surface area contributed by atoms with Gasteiger partial charge in [0.25, 0.3) is 0 Å². The molecule has 1 fully saturated rings. The minimum atomic E-state index is 0.330. The Morgan fingerprint density at radius 1 is 1.43 bits per heavy atom. The van der Waals surface area contributed by atoms with Crippen LogP contribution in [0.4, 0.5) is 0 Å². The number of hydrogen-bond donors (Lipinski definition) is 1. The van der Waals surface area contributed by atoms with Crippen molar-refractivity contribution in [1.29, 1.82) is 0 Å². The van der Waals surface area contributed by atoms with Crippen LogP contribution < -0.4 is 5.73 Å². The largest absolute Gasteiger partial charge is 0.329 e. The molecule has 1 rings (SSSR count). The van der Waals surface area contributed by atoms with Crippen LogP contribution in [0.25, 0.3) is 0 Å². The average Bonchev–Trinajstić information content (AvgIpc) is 2.63. The second kappa shape index (κ2) is 5.13. The van der Waals surface area contributed by atoms with Gasteiger partial charge in [0.2, 0.25) is 0 Å².